The average molecular weight is 461 g/mol. The quantitative estimate of drug-likeness (QED) is 0.651. The van der Waals surface area contributed by atoms with Crippen LogP contribution in [0.1, 0.15) is 73.1 Å². The molecule has 33 heavy (non-hydrogen) atoms. The van der Waals surface area contributed by atoms with Crippen LogP contribution in [-0.4, -0.2) is 53.2 Å². The number of carbonyl (C=O) groups is 1. The first-order valence-corrected chi connectivity index (χ1v) is 12.1. The predicted octanol–water partition coefficient (Wildman–Crippen LogP) is 2.15. The van der Waals surface area contributed by atoms with Crippen LogP contribution in [0.4, 0.5) is 0 Å². The van der Waals surface area contributed by atoms with Gasteiger partial charge in [-0.05, 0) is 53.4 Å². The first-order valence-electron chi connectivity index (χ1n) is 12.1. The predicted molar refractivity (Wildman–Crippen MR) is 130 cm³/mol. The minimum Gasteiger partial charge on any atom is -0.340 e. The Morgan fingerprint density at radius 1 is 1.12 bits per heavy atom. The van der Waals surface area contributed by atoms with E-state index in [9.17, 15) is 14.4 Å². The molecular formula is C24H40N6O3. The number of aryl methyl sites for hydroxylation is 2. The molecule has 3 heterocycles. The number of hydrogen-bond acceptors (Lipinski definition) is 5. The van der Waals surface area contributed by atoms with Gasteiger partial charge in [0.2, 0.25) is 5.91 Å². The van der Waals surface area contributed by atoms with Crippen molar-refractivity contribution in [1.82, 2.24) is 28.9 Å². The summed E-state index contributed by atoms with van der Waals surface area (Å²) in [5, 5.41) is 3.70. The average Bonchev–Trinajstić information content (AvgIpc) is 3.12. The highest BCUT2D eigenvalue weighted by Gasteiger charge is 2.40. The summed E-state index contributed by atoms with van der Waals surface area (Å²) in [4.78, 5) is 44.5. The lowest BCUT2D eigenvalue weighted by Crippen LogP contribution is -2.62. The Hall–Kier alpha value is -2.42. The number of imidazole rings is 1. The molecular weight excluding hydrogens is 420 g/mol. The molecule has 184 valence electrons. The Morgan fingerprint density at radius 3 is 2.36 bits per heavy atom. The van der Waals surface area contributed by atoms with Crippen LogP contribution in [0.3, 0.4) is 0 Å². The Kier molecular flexibility index (Phi) is 7.21. The molecule has 0 saturated carbocycles. The van der Waals surface area contributed by atoms with E-state index in [2.05, 4.69) is 49.8 Å². The first-order chi connectivity index (χ1) is 15.4. The monoisotopic (exact) mass is 460 g/mol. The smallest absolute Gasteiger partial charge is 0.332 e. The zero-order chi connectivity index (χ0) is 24.6. The lowest BCUT2D eigenvalue weighted by atomic mass is 9.79. The molecule has 1 amide bonds. The third-order valence-electron chi connectivity index (χ3n) is 6.69. The molecule has 1 saturated heterocycles. The van der Waals surface area contributed by atoms with Crippen LogP contribution in [0.2, 0.25) is 0 Å². The van der Waals surface area contributed by atoms with Crippen LogP contribution < -0.4 is 16.6 Å². The molecule has 0 spiro atoms. The number of unbranched alkanes of at least 4 members (excludes halogenated alkanes) is 1. The molecule has 1 N–H and O–H groups in total. The van der Waals surface area contributed by atoms with Gasteiger partial charge < -0.3 is 14.8 Å². The number of amides is 1. The fourth-order valence-corrected chi connectivity index (χ4v) is 5.44. The standard InChI is InChI=1S/C24H40N6O3/c1-8-9-13-30(17-14-23(2,3)26-24(4,5)15-17)18(31)11-10-12-29-16-25-20-19(29)21(32)28(7)22(33)27(20)6/h16-17,26H,8-15H2,1-7H3. The fraction of sp³-hybridized carbons (Fsp3) is 0.750. The van der Waals surface area contributed by atoms with Crippen molar-refractivity contribution >= 4 is 17.1 Å². The summed E-state index contributed by atoms with van der Waals surface area (Å²) in [5.74, 6) is 0.173. The SMILES string of the molecule is CCCCN(C(=O)CCCn1cnc2c1c(=O)n(C)c(=O)n2C)C1CC(C)(C)NC(C)(C)C1. The van der Waals surface area contributed by atoms with Crippen molar-refractivity contribution in [2.24, 2.45) is 14.1 Å². The van der Waals surface area contributed by atoms with Crippen molar-refractivity contribution in [3.8, 4) is 0 Å². The van der Waals surface area contributed by atoms with E-state index in [4.69, 9.17) is 0 Å². The second kappa shape index (κ2) is 9.44. The Morgan fingerprint density at radius 2 is 1.76 bits per heavy atom. The molecule has 1 fully saturated rings. The van der Waals surface area contributed by atoms with Gasteiger partial charge >= 0.3 is 5.69 Å². The van der Waals surface area contributed by atoms with E-state index in [1.165, 1.54) is 11.6 Å². The number of nitrogens with zero attached hydrogens (tertiary/aromatic N) is 5. The van der Waals surface area contributed by atoms with Crippen LogP contribution in [0.15, 0.2) is 15.9 Å². The van der Waals surface area contributed by atoms with Gasteiger partial charge in [-0.25, -0.2) is 9.78 Å². The molecule has 9 nitrogen and oxygen atoms in total. The molecule has 2 aromatic rings. The number of hydrogen-bond donors (Lipinski definition) is 1. The fourth-order valence-electron chi connectivity index (χ4n) is 5.44. The Labute approximate surface area is 195 Å². The lowest BCUT2D eigenvalue weighted by Gasteiger charge is -2.49. The highest BCUT2D eigenvalue weighted by molar-refractivity contribution is 5.76. The van der Waals surface area contributed by atoms with Gasteiger partial charge in [-0.3, -0.25) is 18.7 Å². The van der Waals surface area contributed by atoms with Crippen LogP contribution in [0.25, 0.3) is 11.2 Å². The molecule has 9 heteroatoms. The minimum atomic E-state index is -0.396. The van der Waals surface area contributed by atoms with E-state index < -0.39 is 5.69 Å². The largest absolute Gasteiger partial charge is 0.340 e. The van der Waals surface area contributed by atoms with E-state index in [1.54, 1.807) is 17.9 Å². The van der Waals surface area contributed by atoms with Crippen molar-refractivity contribution in [3.63, 3.8) is 0 Å². The topological polar surface area (TPSA) is 94.2 Å². The highest BCUT2D eigenvalue weighted by atomic mass is 16.2. The molecule has 0 atom stereocenters. The second-order valence-electron chi connectivity index (χ2n) is 10.8. The van der Waals surface area contributed by atoms with Crippen LogP contribution in [-0.2, 0) is 25.4 Å². The molecule has 0 aromatic carbocycles. The maximum atomic E-state index is 13.4. The van der Waals surface area contributed by atoms with Crippen molar-refractivity contribution in [1.29, 1.82) is 0 Å². The summed E-state index contributed by atoms with van der Waals surface area (Å²) in [5.41, 5.74) is -0.0333. The third-order valence-corrected chi connectivity index (χ3v) is 6.69. The normalized spacial score (nSPS) is 18.0. The van der Waals surface area contributed by atoms with Crippen molar-refractivity contribution in [2.75, 3.05) is 6.54 Å². The minimum absolute atomic E-state index is 0.0249. The summed E-state index contributed by atoms with van der Waals surface area (Å²) < 4.78 is 4.24. The summed E-state index contributed by atoms with van der Waals surface area (Å²) in [6.07, 6.45) is 6.52. The van der Waals surface area contributed by atoms with E-state index >= 15 is 0 Å². The molecule has 3 rings (SSSR count). The van der Waals surface area contributed by atoms with Crippen molar-refractivity contribution in [3.05, 3.63) is 27.2 Å². The van der Waals surface area contributed by atoms with Gasteiger partial charge in [-0.15, -0.1) is 0 Å². The first kappa shape index (κ1) is 25.2. The van der Waals surface area contributed by atoms with Crippen LogP contribution >= 0.6 is 0 Å². The second-order valence-corrected chi connectivity index (χ2v) is 10.8. The maximum Gasteiger partial charge on any atom is 0.332 e. The van der Waals surface area contributed by atoms with Gasteiger partial charge in [0.05, 0.1) is 6.33 Å². The van der Waals surface area contributed by atoms with Gasteiger partial charge in [0.15, 0.2) is 11.2 Å². The number of rotatable bonds is 8. The molecule has 0 radical (unpaired) electrons. The summed E-state index contributed by atoms with van der Waals surface area (Å²) in [7, 11) is 3.08. The van der Waals surface area contributed by atoms with Crippen molar-refractivity contribution in [2.45, 2.75) is 96.8 Å². The number of aromatic nitrogens is 4. The van der Waals surface area contributed by atoms with E-state index in [1.807, 2.05) is 0 Å². The Balaban J connectivity index is 1.74. The number of fused-ring (bicyclic) bond motifs is 1. The number of nitrogens with one attached hydrogen (secondary N) is 1. The molecule has 0 unspecified atom stereocenters. The van der Waals surface area contributed by atoms with Crippen LogP contribution in [0.5, 0.6) is 0 Å². The third kappa shape index (κ3) is 5.39. The van der Waals surface area contributed by atoms with E-state index in [-0.39, 0.29) is 28.6 Å². The highest BCUT2D eigenvalue weighted by Crippen LogP contribution is 2.32. The molecule has 2 aromatic heterocycles. The number of carbonyl (C=O) groups excluding carboxylic acids is 1. The Bertz CT molecular complexity index is 1110. The molecule has 1 aliphatic heterocycles. The summed E-state index contributed by atoms with van der Waals surface area (Å²) in [6, 6.07) is 0.214. The molecule has 0 aliphatic carbocycles. The van der Waals surface area contributed by atoms with Gasteiger partial charge in [-0.2, -0.15) is 0 Å². The summed E-state index contributed by atoms with van der Waals surface area (Å²) in [6.45, 7) is 12.3. The van der Waals surface area contributed by atoms with Crippen molar-refractivity contribution < 1.29 is 4.79 Å². The summed E-state index contributed by atoms with van der Waals surface area (Å²) >= 11 is 0. The van der Waals surface area contributed by atoms with Gasteiger partial charge in [0.1, 0.15) is 0 Å². The maximum absolute atomic E-state index is 13.4. The van der Waals surface area contributed by atoms with Gasteiger partial charge in [0, 0.05) is 50.7 Å². The molecule has 0 bridgehead atoms. The van der Waals surface area contributed by atoms with Crippen LogP contribution in [0, 0.1) is 0 Å². The van der Waals surface area contributed by atoms with Gasteiger partial charge in [0.25, 0.3) is 5.56 Å². The molecule has 1 aliphatic rings. The van der Waals surface area contributed by atoms with E-state index in [0.29, 0.717) is 30.6 Å². The zero-order valence-electron chi connectivity index (χ0n) is 21.3. The number of piperidine rings is 1. The zero-order valence-corrected chi connectivity index (χ0v) is 21.3. The van der Waals surface area contributed by atoms with E-state index in [0.717, 1.165) is 36.8 Å². The lowest BCUT2D eigenvalue weighted by molar-refractivity contribution is -0.135. The van der Waals surface area contributed by atoms with Gasteiger partial charge in [-0.1, -0.05) is 13.3 Å².